The van der Waals surface area contributed by atoms with Crippen LogP contribution in [0.25, 0.3) is 0 Å². The Bertz CT molecular complexity index is 795. The number of anilines is 1. The van der Waals surface area contributed by atoms with Crippen LogP contribution in [0.3, 0.4) is 0 Å². The standard InChI is InChI=1S/C14H11ClF3NO2S2/c1-22-13-8-7-10(15)9-12(13)19(14(16,17)18)23(20,21)11-5-3-2-4-6-11/h2-9H,1H3. The molecule has 0 spiro atoms. The molecule has 124 valence electrons. The molecule has 0 aliphatic carbocycles. The second-order valence-electron chi connectivity index (χ2n) is 4.37. The fourth-order valence-electron chi connectivity index (χ4n) is 1.92. The van der Waals surface area contributed by atoms with Gasteiger partial charge in [-0.2, -0.15) is 4.31 Å². The Labute approximate surface area is 141 Å². The molecular weight excluding hydrogens is 371 g/mol. The highest BCUT2D eigenvalue weighted by molar-refractivity contribution is 7.99. The van der Waals surface area contributed by atoms with Crippen molar-refractivity contribution >= 4 is 39.1 Å². The van der Waals surface area contributed by atoms with Gasteiger partial charge in [0.15, 0.2) is 0 Å². The Morgan fingerprint density at radius 2 is 1.70 bits per heavy atom. The minimum absolute atomic E-state index is 0.00955. The van der Waals surface area contributed by atoms with Gasteiger partial charge < -0.3 is 0 Å². The van der Waals surface area contributed by atoms with E-state index in [9.17, 15) is 21.6 Å². The Balaban J connectivity index is 2.72. The van der Waals surface area contributed by atoms with E-state index in [2.05, 4.69) is 0 Å². The van der Waals surface area contributed by atoms with Gasteiger partial charge in [0.2, 0.25) is 0 Å². The van der Waals surface area contributed by atoms with Crippen LogP contribution in [0.2, 0.25) is 5.02 Å². The molecule has 3 nitrogen and oxygen atoms in total. The maximum atomic E-state index is 13.5. The molecule has 0 atom stereocenters. The van der Waals surface area contributed by atoms with Crippen molar-refractivity contribution in [3.63, 3.8) is 0 Å². The van der Waals surface area contributed by atoms with E-state index in [1.807, 2.05) is 0 Å². The minimum atomic E-state index is -5.14. The van der Waals surface area contributed by atoms with Crippen LogP contribution in [0, 0.1) is 0 Å². The molecule has 2 aromatic rings. The largest absolute Gasteiger partial charge is 0.498 e. The van der Waals surface area contributed by atoms with Gasteiger partial charge in [-0.05, 0) is 36.6 Å². The first-order chi connectivity index (χ1) is 10.7. The van der Waals surface area contributed by atoms with Crippen LogP contribution in [-0.2, 0) is 10.0 Å². The third-order valence-electron chi connectivity index (χ3n) is 2.87. The number of thioether (sulfide) groups is 1. The smallest absolute Gasteiger partial charge is 0.201 e. The Morgan fingerprint density at radius 3 is 2.22 bits per heavy atom. The number of halogens is 4. The normalized spacial score (nSPS) is 12.2. The summed E-state index contributed by atoms with van der Waals surface area (Å²) in [7, 11) is -4.82. The lowest BCUT2D eigenvalue weighted by Gasteiger charge is -2.28. The summed E-state index contributed by atoms with van der Waals surface area (Å²) in [5.74, 6) is 0. The van der Waals surface area contributed by atoms with Gasteiger partial charge in [0.25, 0.3) is 10.0 Å². The van der Waals surface area contributed by atoms with Crippen molar-refractivity contribution in [2.24, 2.45) is 0 Å². The van der Waals surface area contributed by atoms with Crippen molar-refractivity contribution in [3.05, 3.63) is 53.6 Å². The van der Waals surface area contributed by atoms with E-state index in [1.54, 1.807) is 6.26 Å². The van der Waals surface area contributed by atoms with Crippen molar-refractivity contribution in [1.82, 2.24) is 0 Å². The molecule has 0 saturated carbocycles. The second kappa shape index (κ2) is 6.62. The molecule has 0 aliphatic heterocycles. The molecule has 2 rings (SSSR count). The van der Waals surface area contributed by atoms with Crippen LogP contribution in [0.1, 0.15) is 0 Å². The first kappa shape index (κ1) is 18.0. The third kappa shape index (κ3) is 3.76. The number of hydrogen-bond acceptors (Lipinski definition) is 3. The van der Waals surface area contributed by atoms with E-state index in [4.69, 9.17) is 11.6 Å². The van der Waals surface area contributed by atoms with Gasteiger partial charge in [-0.25, -0.2) is 8.42 Å². The van der Waals surface area contributed by atoms with Crippen molar-refractivity contribution in [3.8, 4) is 0 Å². The van der Waals surface area contributed by atoms with Gasteiger partial charge in [0.1, 0.15) is 0 Å². The zero-order chi connectivity index (χ0) is 17.3. The molecule has 0 unspecified atom stereocenters. The molecule has 0 heterocycles. The van der Waals surface area contributed by atoms with E-state index in [0.29, 0.717) is 0 Å². The van der Waals surface area contributed by atoms with Gasteiger partial charge in [-0.15, -0.1) is 24.9 Å². The molecule has 0 amide bonds. The van der Waals surface area contributed by atoms with Gasteiger partial charge in [-0.3, -0.25) is 0 Å². The lowest BCUT2D eigenvalue weighted by Crippen LogP contribution is -2.43. The topological polar surface area (TPSA) is 37.4 Å². The summed E-state index contributed by atoms with van der Waals surface area (Å²) in [6.07, 6.45) is -3.58. The minimum Gasteiger partial charge on any atom is -0.201 e. The molecule has 0 radical (unpaired) electrons. The first-order valence-corrected chi connectivity index (χ1v) is 9.23. The highest BCUT2D eigenvalue weighted by Gasteiger charge is 2.47. The van der Waals surface area contributed by atoms with Gasteiger partial charge >= 0.3 is 6.30 Å². The maximum Gasteiger partial charge on any atom is 0.498 e. The zero-order valence-electron chi connectivity index (χ0n) is 11.7. The van der Waals surface area contributed by atoms with Crippen LogP contribution in [0.15, 0.2) is 58.3 Å². The van der Waals surface area contributed by atoms with Crippen LogP contribution in [-0.4, -0.2) is 21.0 Å². The predicted octanol–water partition coefficient (Wildman–Crippen LogP) is 4.78. The highest BCUT2D eigenvalue weighted by Crippen LogP contribution is 2.40. The van der Waals surface area contributed by atoms with E-state index in [-0.39, 0.29) is 9.92 Å². The van der Waals surface area contributed by atoms with Gasteiger partial charge in [-0.1, -0.05) is 29.8 Å². The van der Waals surface area contributed by atoms with E-state index >= 15 is 0 Å². The molecule has 2 aromatic carbocycles. The number of sulfonamides is 1. The molecule has 0 bridgehead atoms. The van der Waals surface area contributed by atoms with Crippen LogP contribution >= 0.6 is 23.4 Å². The summed E-state index contributed by atoms with van der Waals surface area (Å²) in [6.45, 7) is 0. The van der Waals surface area contributed by atoms with Gasteiger partial charge in [0, 0.05) is 9.92 Å². The summed E-state index contributed by atoms with van der Waals surface area (Å²) in [5.41, 5.74) is -0.527. The SMILES string of the molecule is CSc1ccc(Cl)cc1N(C(F)(F)F)S(=O)(=O)c1ccccc1. The Kier molecular flexibility index (Phi) is 5.17. The lowest BCUT2D eigenvalue weighted by molar-refractivity contribution is -0.116. The van der Waals surface area contributed by atoms with Crippen molar-refractivity contribution in [1.29, 1.82) is 0 Å². The number of rotatable bonds is 4. The second-order valence-corrected chi connectivity index (χ2v) is 7.44. The van der Waals surface area contributed by atoms with Gasteiger partial charge in [0.05, 0.1) is 10.6 Å². The van der Waals surface area contributed by atoms with E-state index in [0.717, 1.165) is 30.0 Å². The molecule has 0 saturated heterocycles. The summed E-state index contributed by atoms with van der Waals surface area (Å²) < 4.78 is 65.1. The number of benzene rings is 2. The monoisotopic (exact) mass is 381 g/mol. The zero-order valence-corrected chi connectivity index (χ0v) is 14.1. The quantitative estimate of drug-likeness (QED) is 0.565. The average molecular weight is 382 g/mol. The average Bonchev–Trinajstić information content (AvgIpc) is 2.47. The fourth-order valence-corrected chi connectivity index (χ4v) is 4.10. The molecule has 0 fully saturated rings. The summed E-state index contributed by atoms with van der Waals surface area (Å²) in [6, 6.07) is 10.2. The lowest BCUT2D eigenvalue weighted by atomic mass is 10.3. The Morgan fingerprint density at radius 1 is 1.09 bits per heavy atom. The molecular formula is C14H11ClF3NO2S2. The first-order valence-electron chi connectivity index (χ1n) is 6.18. The number of nitrogens with zero attached hydrogens (tertiary/aromatic N) is 1. The van der Waals surface area contributed by atoms with Crippen LogP contribution in [0.4, 0.5) is 18.9 Å². The molecule has 0 aliphatic rings. The third-order valence-corrected chi connectivity index (χ3v) is 5.64. The molecule has 0 N–H and O–H groups in total. The number of alkyl halides is 3. The van der Waals surface area contributed by atoms with Crippen molar-refractivity contribution < 1.29 is 21.6 Å². The van der Waals surface area contributed by atoms with E-state index < -0.39 is 31.2 Å². The highest BCUT2D eigenvalue weighted by atomic mass is 35.5. The molecule has 23 heavy (non-hydrogen) atoms. The van der Waals surface area contributed by atoms with Crippen LogP contribution < -0.4 is 4.31 Å². The van der Waals surface area contributed by atoms with E-state index in [1.165, 1.54) is 30.3 Å². The summed E-state index contributed by atoms with van der Waals surface area (Å²) in [4.78, 5) is -0.310. The number of hydrogen-bond donors (Lipinski definition) is 0. The summed E-state index contributed by atoms with van der Waals surface area (Å²) in [5, 5.41) is 0.00955. The van der Waals surface area contributed by atoms with Crippen molar-refractivity contribution in [2.75, 3.05) is 10.6 Å². The van der Waals surface area contributed by atoms with Crippen LogP contribution in [0.5, 0.6) is 0 Å². The maximum absolute atomic E-state index is 13.5. The summed E-state index contributed by atoms with van der Waals surface area (Å²) >= 11 is 6.76. The fraction of sp³-hybridized carbons (Fsp3) is 0.143. The van der Waals surface area contributed by atoms with Crippen molar-refractivity contribution in [2.45, 2.75) is 16.1 Å². The Hall–Kier alpha value is -1.38. The molecule has 0 aromatic heterocycles. The predicted molar refractivity (Wildman–Crippen MR) is 85.4 cm³/mol. The molecule has 9 heteroatoms.